The number of benzene rings is 1. The lowest BCUT2D eigenvalue weighted by atomic mass is 9.89. The van der Waals surface area contributed by atoms with Crippen molar-refractivity contribution < 1.29 is 9.84 Å². The van der Waals surface area contributed by atoms with Crippen LogP contribution < -0.4 is 10.1 Å². The highest BCUT2D eigenvalue weighted by Gasteiger charge is 2.27. The van der Waals surface area contributed by atoms with Gasteiger partial charge in [0.25, 0.3) is 0 Å². The Kier molecular flexibility index (Phi) is 4.12. The number of rotatable bonds is 5. The van der Waals surface area contributed by atoms with Crippen LogP contribution in [0.25, 0.3) is 0 Å². The molecule has 18 heavy (non-hydrogen) atoms. The molecule has 0 aliphatic heterocycles. The summed E-state index contributed by atoms with van der Waals surface area (Å²) < 4.78 is 5.11. The second kappa shape index (κ2) is 5.61. The lowest BCUT2D eigenvalue weighted by Gasteiger charge is -2.24. The van der Waals surface area contributed by atoms with Gasteiger partial charge in [-0.15, -0.1) is 0 Å². The Morgan fingerprint density at radius 1 is 1.33 bits per heavy atom. The molecular formula is C15H23NO2. The highest BCUT2D eigenvalue weighted by Crippen LogP contribution is 2.37. The maximum atomic E-state index is 9.98. The number of ether oxygens (including phenoxy) is 1. The number of methoxy groups -OCH3 is 1. The standard InChI is InChI=1S/C15H23NO2/c1-15(8-3-4-9-15)11-16-10-12-6-5-7-13(18-2)14(12)17/h5-7,16-17H,3-4,8-11H2,1-2H3. The minimum Gasteiger partial charge on any atom is -0.504 e. The molecule has 3 nitrogen and oxygen atoms in total. The van der Waals surface area contributed by atoms with E-state index in [1.165, 1.54) is 25.7 Å². The molecule has 1 aromatic carbocycles. The Labute approximate surface area is 109 Å². The van der Waals surface area contributed by atoms with Gasteiger partial charge in [-0.1, -0.05) is 31.9 Å². The summed E-state index contributed by atoms with van der Waals surface area (Å²) in [7, 11) is 1.58. The SMILES string of the molecule is COc1cccc(CNCC2(C)CCCC2)c1O. The summed E-state index contributed by atoms with van der Waals surface area (Å²) in [6.45, 7) is 4.06. The third-order valence-corrected chi connectivity index (χ3v) is 3.98. The van der Waals surface area contributed by atoms with Crippen LogP contribution in [0.5, 0.6) is 11.5 Å². The average molecular weight is 249 g/mol. The van der Waals surface area contributed by atoms with Crippen LogP contribution in [0, 0.1) is 5.41 Å². The third kappa shape index (κ3) is 2.96. The quantitative estimate of drug-likeness (QED) is 0.842. The maximum Gasteiger partial charge on any atom is 0.162 e. The van der Waals surface area contributed by atoms with E-state index in [4.69, 9.17) is 4.74 Å². The first-order valence-corrected chi connectivity index (χ1v) is 6.70. The Hall–Kier alpha value is -1.22. The molecule has 1 aromatic rings. The van der Waals surface area contributed by atoms with E-state index in [9.17, 15) is 5.11 Å². The number of phenolic OH excluding ortho intramolecular Hbond substituents is 1. The predicted octanol–water partition coefficient (Wildman–Crippen LogP) is 3.07. The zero-order valence-electron chi connectivity index (χ0n) is 11.3. The predicted molar refractivity (Wildman–Crippen MR) is 72.9 cm³/mol. The summed E-state index contributed by atoms with van der Waals surface area (Å²) in [5, 5.41) is 13.4. The molecule has 3 heteroatoms. The summed E-state index contributed by atoms with van der Waals surface area (Å²) in [6.07, 6.45) is 5.32. The van der Waals surface area contributed by atoms with Crippen LogP contribution in [0.2, 0.25) is 0 Å². The van der Waals surface area contributed by atoms with Crippen molar-refractivity contribution in [1.29, 1.82) is 0 Å². The summed E-state index contributed by atoms with van der Waals surface area (Å²) in [4.78, 5) is 0. The van der Waals surface area contributed by atoms with Gasteiger partial charge in [0, 0.05) is 18.7 Å². The van der Waals surface area contributed by atoms with Crippen molar-refractivity contribution in [3.8, 4) is 11.5 Å². The Morgan fingerprint density at radius 2 is 2.06 bits per heavy atom. The van der Waals surface area contributed by atoms with Gasteiger partial charge in [-0.2, -0.15) is 0 Å². The molecule has 0 radical (unpaired) electrons. The number of nitrogens with one attached hydrogen (secondary N) is 1. The fourth-order valence-corrected chi connectivity index (χ4v) is 2.78. The van der Waals surface area contributed by atoms with Crippen molar-refractivity contribution in [2.45, 2.75) is 39.2 Å². The zero-order valence-corrected chi connectivity index (χ0v) is 11.3. The van der Waals surface area contributed by atoms with E-state index < -0.39 is 0 Å². The Morgan fingerprint density at radius 3 is 2.72 bits per heavy atom. The van der Waals surface area contributed by atoms with Gasteiger partial charge in [0.05, 0.1) is 7.11 Å². The van der Waals surface area contributed by atoms with Crippen molar-refractivity contribution >= 4 is 0 Å². The Bertz CT molecular complexity index is 397. The van der Waals surface area contributed by atoms with Crippen LogP contribution in [-0.2, 0) is 6.54 Å². The Balaban J connectivity index is 1.90. The van der Waals surface area contributed by atoms with Crippen LogP contribution >= 0.6 is 0 Å². The first-order valence-electron chi connectivity index (χ1n) is 6.70. The van der Waals surface area contributed by atoms with Gasteiger partial charge in [0.2, 0.25) is 0 Å². The van der Waals surface area contributed by atoms with Gasteiger partial charge >= 0.3 is 0 Å². The molecule has 0 heterocycles. The van der Waals surface area contributed by atoms with E-state index in [0.717, 1.165) is 12.1 Å². The highest BCUT2D eigenvalue weighted by molar-refractivity contribution is 5.45. The van der Waals surface area contributed by atoms with Crippen molar-refractivity contribution in [2.24, 2.45) is 5.41 Å². The van der Waals surface area contributed by atoms with Crippen molar-refractivity contribution in [2.75, 3.05) is 13.7 Å². The van der Waals surface area contributed by atoms with E-state index in [1.54, 1.807) is 13.2 Å². The van der Waals surface area contributed by atoms with Gasteiger partial charge < -0.3 is 15.2 Å². The molecule has 2 N–H and O–H groups in total. The van der Waals surface area contributed by atoms with Crippen LogP contribution in [0.1, 0.15) is 38.2 Å². The first kappa shape index (κ1) is 13.2. The average Bonchev–Trinajstić information content (AvgIpc) is 2.79. The molecule has 0 bridgehead atoms. The molecule has 1 fully saturated rings. The van der Waals surface area contributed by atoms with E-state index >= 15 is 0 Å². The minimum atomic E-state index is 0.254. The molecule has 100 valence electrons. The van der Waals surface area contributed by atoms with E-state index in [-0.39, 0.29) is 5.75 Å². The molecule has 0 saturated heterocycles. The largest absolute Gasteiger partial charge is 0.504 e. The second-order valence-corrected chi connectivity index (χ2v) is 5.59. The van der Waals surface area contributed by atoms with E-state index in [0.29, 0.717) is 17.7 Å². The molecule has 1 saturated carbocycles. The lowest BCUT2D eigenvalue weighted by molar-refractivity contribution is 0.312. The van der Waals surface area contributed by atoms with Gasteiger partial charge in [0.15, 0.2) is 11.5 Å². The minimum absolute atomic E-state index is 0.254. The van der Waals surface area contributed by atoms with Crippen molar-refractivity contribution in [3.05, 3.63) is 23.8 Å². The highest BCUT2D eigenvalue weighted by atomic mass is 16.5. The number of aromatic hydroxyl groups is 1. The van der Waals surface area contributed by atoms with Gasteiger partial charge in [0.1, 0.15) is 0 Å². The molecule has 2 rings (SSSR count). The van der Waals surface area contributed by atoms with Crippen LogP contribution in [0.15, 0.2) is 18.2 Å². The van der Waals surface area contributed by atoms with Gasteiger partial charge in [-0.25, -0.2) is 0 Å². The number of hydrogen-bond acceptors (Lipinski definition) is 3. The summed E-state index contributed by atoms with van der Waals surface area (Å²) >= 11 is 0. The van der Waals surface area contributed by atoms with Crippen molar-refractivity contribution in [1.82, 2.24) is 5.32 Å². The normalized spacial score (nSPS) is 17.9. The zero-order chi connectivity index (χ0) is 13.0. The molecule has 0 amide bonds. The molecular weight excluding hydrogens is 226 g/mol. The molecule has 0 unspecified atom stereocenters. The fourth-order valence-electron chi connectivity index (χ4n) is 2.78. The van der Waals surface area contributed by atoms with Crippen molar-refractivity contribution in [3.63, 3.8) is 0 Å². The van der Waals surface area contributed by atoms with E-state index in [2.05, 4.69) is 12.2 Å². The second-order valence-electron chi connectivity index (χ2n) is 5.59. The number of hydrogen-bond donors (Lipinski definition) is 2. The first-order chi connectivity index (χ1) is 8.64. The summed E-state index contributed by atoms with van der Waals surface area (Å²) in [6, 6.07) is 5.62. The number of phenols is 1. The fraction of sp³-hybridized carbons (Fsp3) is 0.600. The van der Waals surface area contributed by atoms with Crippen LogP contribution in [0.4, 0.5) is 0 Å². The van der Waals surface area contributed by atoms with Crippen LogP contribution in [-0.4, -0.2) is 18.8 Å². The molecule has 1 aliphatic carbocycles. The molecule has 0 spiro atoms. The maximum absolute atomic E-state index is 9.98. The summed E-state index contributed by atoms with van der Waals surface area (Å²) in [5.74, 6) is 0.797. The molecule has 0 aromatic heterocycles. The topological polar surface area (TPSA) is 41.5 Å². The smallest absolute Gasteiger partial charge is 0.162 e. The summed E-state index contributed by atoms with van der Waals surface area (Å²) in [5.41, 5.74) is 1.34. The van der Waals surface area contributed by atoms with E-state index in [1.807, 2.05) is 12.1 Å². The van der Waals surface area contributed by atoms with Gasteiger partial charge in [-0.05, 0) is 24.3 Å². The molecule has 1 aliphatic rings. The molecule has 0 atom stereocenters. The van der Waals surface area contributed by atoms with Gasteiger partial charge in [-0.3, -0.25) is 0 Å². The van der Waals surface area contributed by atoms with Crippen LogP contribution in [0.3, 0.4) is 0 Å². The monoisotopic (exact) mass is 249 g/mol. The third-order valence-electron chi connectivity index (χ3n) is 3.98. The number of para-hydroxylation sites is 1. The lowest BCUT2D eigenvalue weighted by Crippen LogP contribution is -2.29.